The Morgan fingerprint density at radius 3 is 2.52 bits per heavy atom. The fourth-order valence-corrected chi connectivity index (χ4v) is 4.18. The molecular formula is C25H24N4O2. The maximum Gasteiger partial charge on any atom is 0.251 e. The molecule has 1 aliphatic rings. The molecule has 31 heavy (non-hydrogen) atoms. The van der Waals surface area contributed by atoms with Gasteiger partial charge in [0.25, 0.3) is 5.91 Å². The van der Waals surface area contributed by atoms with Gasteiger partial charge in [0.2, 0.25) is 0 Å². The molecule has 156 valence electrons. The van der Waals surface area contributed by atoms with Gasteiger partial charge in [-0.3, -0.25) is 4.79 Å². The van der Waals surface area contributed by atoms with Crippen LogP contribution < -0.4 is 5.32 Å². The number of amides is 1. The van der Waals surface area contributed by atoms with Crippen LogP contribution in [0.4, 0.5) is 0 Å². The lowest BCUT2D eigenvalue weighted by Gasteiger charge is -2.11. The first-order chi connectivity index (χ1) is 15.2. The van der Waals surface area contributed by atoms with Crippen LogP contribution in [-0.4, -0.2) is 27.1 Å². The normalized spacial score (nSPS) is 14.1. The molecule has 2 N–H and O–H groups in total. The number of carbonyl (C=O) groups is 1. The van der Waals surface area contributed by atoms with Gasteiger partial charge < -0.3 is 14.8 Å². The van der Waals surface area contributed by atoms with Crippen molar-refractivity contribution in [3.8, 4) is 33.9 Å². The van der Waals surface area contributed by atoms with Crippen molar-refractivity contribution >= 4 is 5.91 Å². The number of rotatable bonds is 5. The number of benzene rings is 2. The van der Waals surface area contributed by atoms with E-state index < -0.39 is 0 Å². The Morgan fingerprint density at radius 1 is 1.03 bits per heavy atom. The standard InChI is InChI=1S/C25H24N4O2/c1-16-22(23(29-31-16)17-7-3-2-4-8-17)21-15-26-24(28-21)18-11-13-19(14-12-18)25(30)27-20-9-5-6-10-20/h2-4,7-8,11-15,20H,5-6,9-10H2,1H3,(H,26,28)(H,27,30). The highest BCUT2D eigenvalue weighted by molar-refractivity contribution is 5.94. The predicted molar refractivity (Wildman–Crippen MR) is 119 cm³/mol. The van der Waals surface area contributed by atoms with Gasteiger partial charge in [-0.2, -0.15) is 0 Å². The number of carbonyl (C=O) groups excluding carboxylic acids is 1. The Morgan fingerprint density at radius 2 is 1.77 bits per heavy atom. The highest BCUT2D eigenvalue weighted by Gasteiger charge is 2.20. The summed E-state index contributed by atoms with van der Waals surface area (Å²) in [6, 6.07) is 17.8. The molecule has 0 spiro atoms. The van der Waals surface area contributed by atoms with Crippen LogP contribution in [0.15, 0.2) is 65.3 Å². The summed E-state index contributed by atoms with van der Waals surface area (Å²) >= 11 is 0. The van der Waals surface area contributed by atoms with Crippen LogP contribution in [0.5, 0.6) is 0 Å². The average molecular weight is 412 g/mol. The summed E-state index contributed by atoms with van der Waals surface area (Å²) < 4.78 is 5.47. The van der Waals surface area contributed by atoms with E-state index in [-0.39, 0.29) is 5.91 Å². The lowest BCUT2D eigenvalue weighted by Crippen LogP contribution is -2.32. The minimum absolute atomic E-state index is 0.00816. The first kappa shape index (κ1) is 19.3. The average Bonchev–Trinajstić information content (AvgIpc) is 3.55. The fourth-order valence-electron chi connectivity index (χ4n) is 4.18. The molecule has 4 aromatic rings. The minimum Gasteiger partial charge on any atom is -0.360 e. The third kappa shape index (κ3) is 3.89. The first-order valence-electron chi connectivity index (χ1n) is 10.7. The van der Waals surface area contributed by atoms with Gasteiger partial charge >= 0.3 is 0 Å². The zero-order valence-corrected chi connectivity index (χ0v) is 17.4. The molecule has 2 aromatic carbocycles. The molecule has 6 nitrogen and oxygen atoms in total. The highest BCUT2D eigenvalue weighted by Crippen LogP contribution is 2.34. The van der Waals surface area contributed by atoms with E-state index in [1.54, 1.807) is 0 Å². The van der Waals surface area contributed by atoms with E-state index in [0.29, 0.717) is 11.6 Å². The molecule has 1 aliphatic carbocycles. The maximum absolute atomic E-state index is 12.5. The van der Waals surface area contributed by atoms with Crippen molar-refractivity contribution < 1.29 is 9.32 Å². The van der Waals surface area contributed by atoms with E-state index in [2.05, 4.69) is 15.5 Å². The van der Waals surface area contributed by atoms with Gasteiger partial charge in [-0.1, -0.05) is 60.5 Å². The summed E-state index contributed by atoms with van der Waals surface area (Å²) in [7, 11) is 0. The number of nitrogens with one attached hydrogen (secondary N) is 2. The molecular weight excluding hydrogens is 388 g/mol. The first-order valence-corrected chi connectivity index (χ1v) is 10.7. The molecule has 2 aromatic heterocycles. The number of hydrogen-bond acceptors (Lipinski definition) is 4. The Kier molecular flexibility index (Phi) is 5.12. The fraction of sp³-hybridized carbons (Fsp3) is 0.240. The molecule has 0 bridgehead atoms. The Labute approximate surface area is 180 Å². The van der Waals surface area contributed by atoms with Crippen LogP contribution in [0.1, 0.15) is 41.8 Å². The second-order valence-corrected chi connectivity index (χ2v) is 7.99. The van der Waals surface area contributed by atoms with Crippen LogP contribution in [-0.2, 0) is 0 Å². The topological polar surface area (TPSA) is 83.8 Å². The van der Waals surface area contributed by atoms with Gasteiger partial charge in [-0.15, -0.1) is 0 Å². The van der Waals surface area contributed by atoms with Crippen molar-refractivity contribution in [2.24, 2.45) is 0 Å². The molecule has 0 unspecified atom stereocenters. The molecule has 0 aliphatic heterocycles. The van der Waals surface area contributed by atoms with Gasteiger partial charge in [0, 0.05) is 28.9 Å². The number of aromatic nitrogens is 3. The summed E-state index contributed by atoms with van der Waals surface area (Å²) in [6.07, 6.45) is 6.41. The lowest BCUT2D eigenvalue weighted by molar-refractivity contribution is 0.0938. The molecule has 1 amide bonds. The Balaban J connectivity index is 1.38. The summed E-state index contributed by atoms with van der Waals surface area (Å²) in [4.78, 5) is 20.5. The number of imidazole rings is 1. The van der Waals surface area contributed by atoms with Crippen molar-refractivity contribution in [3.63, 3.8) is 0 Å². The quantitative estimate of drug-likeness (QED) is 0.461. The zero-order chi connectivity index (χ0) is 21.2. The summed E-state index contributed by atoms with van der Waals surface area (Å²) in [5, 5.41) is 7.37. The maximum atomic E-state index is 12.5. The molecule has 0 radical (unpaired) electrons. The summed E-state index contributed by atoms with van der Waals surface area (Å²) in [6.45, 7) is 1.89. The third-order valence-electron chi connectivity index (χ3n) is 5.85. The molecule has 2 heterocycles. The number of aromatic amines is 1. The predicted octanol–water partition coefficient (Wildman–Crippen LogP) is 5.38. The van der Waals surface area contributed by atoms with E-state index in [4.69, 9.17) is 9.51 Å². The van der Waals surface area contributed by atoms with E-state index in [0.717, 1.165) is 52.5 Å². The van der Waals surface area contributed by atoms with Gasteiger partial charge in [-0.05, 0) is 31.9 Å². The van der Waals surface area contributed by atoms with E-state index >= 15 is 0 Å². The van der Waals surface area contributed by atoms with Crippen molar-refractivity contribution in [2.45, 2.75) is 38.6 Å². The number of hydrogen-bond donors (Lipinski definition) is 2. The smallest absolute Gasteiger partial charge is 0.251 e. The summed E-state index contributed by atoms with van der Waals surface area (Å²) in [5.74, 6) is 1.44. The van der Waals surface area contributed by atoms with Gasteiger partial charge in [-0.25, -0.2) is 4.98 Å². The van der Waals surface area contributed by atoms with Crippen molar-refractivity contribution in [1.29, 1.82) is 0 Å². The molecule has 1 saturated carbocycles. The second kappa shape index (κ2) is 8.22. The van der Waals surface area contributed by atoms with Gasteiger partial charge in [0.05, 0.1) is 11.3 Å². The van der Waals surface area contributed by atoms with Crippen LogP contribution in [0, 0.1) is 6.92 Å². The van der Waals surface area contributed by atoms with Crippen LogP contribution in [0.25, 0.3) is 33.9 Å². The summed E-state index contributed by atoms with van der Waals surface area (Å²) in [5.41, 5.74) is 4.99. The number of H-pyrrole nitrogens is 1. The molecule has 1 fully saturated rings. The zero-order valence-electron chi connectivity index (χ0n) is 17.4. The third-order valence-corrected chi connectivity index (χ3v) is 5.85. The molecule has 6 heteroatoms. The lowest BCUT2D eigenvalue weighted by atomic mass is 10.0. The SMILES string of the molecule is Cc1onc(-c2ccccc2)c1-c1c[nH]c(-c2ccc(C(=O)NC3CCCC3)cc2)n1. The number of aryl methyl sites for hydroxylation is 1. The van der Waals surface area contributed by atoms with E-state index in [1.165, 1.54) is 12.8 Å². The van der Waals surface area contributed by atoms with E-state index in [1.807, 2.05) is 67.7 Å². The molecule has 5 rings (SSSR count). The van der Waals surface area contributed by atoms with Crippen molar-refractivity contribution in [1.82, 2.24) is 20.4 Å². The largest absolute Gasteiger partial charge is 0.360 e. The Bertz CT molecular complexity index is 1190. The van der Waals surface area contributed by atoms with E-state index in [9.17, 15) is 4.79 Å². The monoisotopic (exact) mass is 412 g/mol. The molecule has 0 atom stereocenters. The van der Waals surface area contributed by atoms with Crippen LogP contribution in [0.3, 0.4) is 0 Å². The number of nitrogens with zero attached hydrogens (tertiary/aromatic N) is 2. The second-order valence-electron chi connectivity index (χ2n) is 7.99. The van der Waals surface area contributed by atoms with Gasteiger partial charge in [0.15, 0.2) is 0 Å². The van der Waals surface area contributed by atoms with Crippen molar-refractivity contribution in [2.75, 3.05) is 0 Å². The van der Waals surface area contributed by atoms with Gasteiger partial charge in [0.1, 0.15) is 17.3 Å². The van der Waals surface area contributed by atoms with Crippen LogP contribution >= 0.6 is 0 Å². The van der Waals surface area contributed by atoms with Crippen molar-refractivity contribution in [3.05, 3.63) is 72.1 Å². The minimum atomic E-state index is -0.00816. The Hall–Kier alpha value is -3.67. The molecule has 0 saturated heterocycles. The highest BCUT2D eigenvalue weighted by atomic mass is 16.5. The van der Waals surface area contributed by atoms with Crippen LogP contribution in [0.2, 0.25) is 0 Å².